The first-order valence-electron chi connectivity index (χ1n) is 6.09. The molecule has 94 valence electrons. The normalized spacial score (nSPS) is 28.3. The lowest BCUT2D eigenvalue weighted by molar-refractivity contribution is -0.135. The predicted octanol–water partition coefficient (Wildman–Crippen LogP) is 0.159. The molecule has 2 fully saturated rings. The van der Waals surface area contributed by atoms with Crippen molar-refractivity contribution >= 4 is 17.6 Å². The molecule has 2 aliphatic rings. The molecule has 2 atom stereocenters. The van der Waals surface area contributed by atoms with Crippen molar-refractivity contribution in [2.45, 2.75) is 44.6 Å². The summed E-state index contributed by atoms with van der Waals surface area (Å²) in [5, 5.41) is 12.2. The Balaban J connectivity index is 1.89. The average molecular weight is 239 g/mol. The van der Waals surface area contributed by atoms with E-state index in [1.165, 1.54) is 0 Å². The number of aliphatic hydroxyl groups is 1. The zero-order chi connectivity index (χ0) is 12.4. The Morgan fingerprint density at radius 3 is 2.41 bits per heavy atom. The van der Waals surface area contributed by atoms with Crippen LogP contribution in [0.3, 0.4) is 0 Å². The van der Waals surface area contributed by atoms with Crippen LogP contribution < -0.4 is 5.32 Å². The molecule has 1 aliphatic heterocycles. The van der Waals surface area contributed by atoms with Crippen LogP contribution in [-0.4, -0.2) is 28.8 Å². The lowest BCUT2D eigenvalue weighted by Crippen LogP contribution is -2.40. The van der Waals surface area contributed by atoms with Gasteiger partial charge in [-0.25, -0.2) is 0 Å². The number of carbonyl (C=O) groups is 3. The highest BCUT2D eigenvalue weighted by molar-refractivity contribution is 5.97. The summed E-state index contributed by atoms with van der Waals surface area (Å²) in [4.78, 5) is 33.8. The van der Waals surface area contributed by atoms with Crippen molar-refractivity contribution in [3.63, 3.8) is 0 Å². The van der Waals surface area contributed by atoms with E-state index in [1.807, 2.05) is 0 Å². The average Bonchev–Trinajstić information content (AvgIpc) is 2.62. The first kappa shape index (κ1) is 12.2. The molecule has 2 N–H and O–H groups in total. The molecule has 1 saturated carbocycles. The minimum Gasteiger partial charge on any atom is -0.392 e. The second kappa shape index (κ2) is 4.96. The van der Waals surface area contributed by atoms with Crippen molar-refractivity contribution in [2.75, 3.05) is 0 Å². The van der Waals surface area contributed by atoms with Crippen molar-refractivity contribution in [2.24, 2.45) is 11.8 Å². The third kappa shape index (κ3) is 2.91. The van der Waals surface area contributed by atoms with Crippen LogP contribution in [0.4, 0.5) is 0 Å². The highest BCUT2D eigenvalue weighted by Crippen LogP contribution is 2.29. The standard InChI is InChI=1S/C12H17NO4/c14-9-3-1-2-8(9)10(15)4-7-5-11(16)13-12(17)6-7/h7-8,10,15H,1-6H2,(H,13,16,17)/t8-,10+/m0/s1. The molecular weight excluding hydrogens is 222 g/mol. The number of hydrogen-bond donors (Lipinski definition) is 2. The summed E-state index contributed by atoms with van der Waals surface area (Å²) in [7, 11) is 0. The molecule has 0 spiro atoms. The number of aliphatic hydroxyl groups excluding tert-OH is 1. The van der Waals surface area contributed by atoms with Crippen LogP contribution in [0.1, 0.15) is 38.5 Å². The number of ketones is 1. The van der Waals surface area contributed by atoms with E-state index in [-0.39, 0.29) is 42.3 Å². The molecule has 17 heavy (non-hydrogen) atoms. The lowest BCUT2D eigenvalue weighted by Gasteiger charge is -2.25. The second-order valence-corrected chi connectivity index (χ2v) is 5.01. The first-order chi connectivity index (χ1) is 8.06. The molecule has 2 amide bonds. The largest absolute Gasteiger partial charge is 0.392 e. The number of hydrogen-bond acceptors (Lipinski definition) is 4. The quantitative estimate of drug-likeness (QED) is 0.687. The summed E-state index contributed by atoms with van der Waals surface area (Å²) in [6, 6.07) is 0. The van der Waals surface area contributed by atoms with Crippen molar-refractivity contribution in [1.29, 1.82) is 0 Å². The Morgan fingerprint density at radius 2 is 1.88 bits per heavy atom. The van der Waals surface area contributed by atoms with Gasteiger partial charge < -0.3 is 5.11 Å². The van der Waals surface area contributed by atoms with E-state index in [9.17, 15) is 19.5 Å². The van der Waals surface area contributed by atoms with Gasteiger partial charge in [0.1, 0.15) is 5.78 Å². The van der Waals surface area contributed by atoms with E-state index in [1.54, 1.807) is 0 Å². The minimum atomic E-state index is -0.700. The molecule has 0 aromatic carbocycles. The van der Waals surface area contributed by atoms with Gasteiger partial charge in [-0.3, -0.25) is 19.7 Å². The molecule has 1 saturated heterocycles. The molecule has 0 bridgehead atoms. The smallest absolute Gasteiger partial charge is 0.226 e. The SMILES string of the molecule is O=C1CC(C[C@@H](O)[C@H]2CCCC2=O)CC(=O)N1. The second-order valence-electron chi connectivity index (χ2n) is 5.01. The fourth-order valence-electron chi connectivity index (χ4n) is 2.78. The maximum atomic E-state index is 11.5. The Labute approximate surface area is 99.6 Å². The first-order valence-corrected chi connectivity index (χ1v) is 6.09. The summed E-state index contributed by atoms with van der Waals surface area (Å²) in [6.45, 7) is 0. The molecule has 5 heteroatoms. The Hall–Kier alpha value is -1.23. The summed E-state index contributed by atoms with van der Waals surface area (Å²) >= 11 is 0. The van der Waals surface area contributed by atoms with Crippen LogP contribution in [0.25, 0.3) is 0 Å². The van der Waals surface area contributed by atoms with Crippen LogP contribution in [0.15, 0.2) is 0 Å². The number of nitrogens with one attached hydrogen (secondary N) is 1. The van der Waals surface area contributed by atoms with E-state index >= 15 is 0 Å². The minimum absolute atomic E-state index is 0.115. The highest BCUT2D eigenvalue weighted by atomic mass is 16.3. The Morgan fingerprint density at radius 1 is 1.24 bits per heavy atom. The number of Topliss-reactive ketones (excluding diaryl/α,β-unsaturated/α-hetero) is 1. The number of piperidine rings is 1. The van der Waals surface area contributed by atoms with Crippen LogP contribution in [0.5, 0.6) is 0 Å². The fraction of sp³-hybridized carbons (Fsp3) is 0.750. The van der Waals surface area contributed by atoms with Gasteiger partial charge in [0.15, 0.2) is 0 Å². The van der Waals surface area contributed by atoms with Gasteiger partial charge in [0.2, 0.25) is 11.8 Å². The topological polar surface area (TPSA) is 83.5 Å². The molecule has 0 unspecified atom stereocenters. The summed E-state index contributed by atoms with van der Waals surface area (Å²) in [6.07, 6.45) is 2.32. The van der Waals surface area contributed by atoms with E-state index in [0.717, 1.165) is 12.8 Å². The van der Waals surface area contributed by atoms with E-state index < -0.39 is 6.10 Å². The summed E-state index contributed by atoms with van der Waals surface area (Å²) in [5.41, 5.74) is 0. The zero-order valence-electron chi connectivity index (χ0n) is 9.65. The third-order valence-corrected chi connectivity index (χ3v) is 3.62. The van der Waals surface area contributed by atoms with Gasteiger partial charge in [0, 0.05) is 25.2 Å². The lowest BCUT2D eigenvalue weighted by atomic mass is 9.86. The molecular formula is C12H17NO4. The van der Waals surface area contributed by atoms with Crippen molar-refractivity contribution in [3.8, 4) is 0 Å². The van der Waals surface area contributed by atoms with Crippen LogP contribution in [-0.2, 0) is 14.4 Å². The number of amides is 2. The van der Waals surface area contributed by atoms with Crippen LogP contribution in [0, 0.1) is 11.8 Å². The van der Waals surface area contributed by atoms with Gasteiger partial charge in [0.25, 0.3) is 0 Å². The van der Waals surface area contributed by atoms with Crippen LogP contribution in [0.2, 0.25) is 0 Å². The van der Waals surface area contributed by atoms with E-state index in [2.05, 4.69) is 5.32 Å². The Kier molecular flexibility index (Phi) is 3.57. The van der Waals surface area contributed by atoms with Crippen molar-refractivity contribution < 1.29 is 19.5 Å². The maximum Gasteiger partial charge on any atom is 0.226 e. The monoisotopic (exact) mass is 239 g/mol. The number of rotatable bonds is 3. The van der Waals surface area contributed by atoms with Crippen molar-refractivity contribution in [3.05, 3.63) is 0 Å². The molecule has 5 nitrogen and oxygen atoms in total. The molecule has 2 rings (SSSR count). The fourth-order valence-corrected chi connectivity index (χ4v) is 2.78. The van der Waals surface area contributed by atoms with Gasteiger partial charge in [0.05, 0.1) is 6.10 Å². The Bertz CT molecular complexity index is 336. The zero-order valence-corrected chi connectivity index (χ0v) is 9.65. The maximum absolute atomic E-state index is 11.5. The van der Waals surface area contributed by atoms with Gasteiger partial charge in [-0.15, -0.1) is 0 Å². The summed E-state index contributed by atoms with van der Waals surface area (Å²) < 4.78 is 0. The van der Waals surface area contributed by atoms with Gasteiger partial charge in [-0.2, -0.15) is 0 Å². The van der Waals surface area contributed by atoms with Crippen molar-refractivity contribution in [1.82, 2.24) is 5.32 Å². The predicted molar refractivity (Wildman–Crippen MR) is 58.8 cm³/mol. The van der Waals surface area contributed by atoms with Crippen LogP contribution >= 0.6 is 0 Å². The number of imide groups is 1. The number of carbonyl (C=O) groups excluding carboxylic acids is 3. The summed E-state index contributed by atoms with van der Waals surface area (Å²) in [5.74, 6) is -0.855. The van der Waals surface area contributed by atoms with Gasteiger partial charge in [-0.1, -0.05) is 0 Å². The molecule has 1 heterocycles. The molecule has 0 radical (unpaired) electrons. The van der Waals surface area contributed by atoms with E-state index in [4.69, 9.17) is 0 Å². The molecule has 1 aliphatic carbocycles. The third-order valence-electron chi connectivity index (χ3n) is 3.62. The van der Waals surface area contributed by atoms with Gasteiger partial charge in [-0.05, 0) is 25.2 Å². The van der Waals surface area contributed by atoms with Gasteiger partial charge >= 0.3 is 0 Å². The molecule has 0 aromatic rings. The molecule has 0 aromatic heterocycles. The van der Waals surface area contributed by atoms with E-state index in [0.29, 0.717) is 12.8 Å². The highest BCUT2D eigenvalue weighted by Gasteiger charge is 2.34.